The molecule has 39 heavy (non-hydrogen) atoms. The number of halogens is 2. The highest BCUT2D eigenvalue weighted by molar-refractivity contribution is 6.40. The molecule has 0 atom stereocenters. The lowest BCUT2D eigenvalue weighted by Gasteiger charge is -2.25. The minimum absolute atomic E-state index is 0.0454. The van der Waals surface area contributed by atoms with Crippen molar-refractivity contribution < 1.29 is 14.6 Å². The third-order valence-electron chi connectivity index (χ3n) is 7.33. The van der Waals surface area contributed by atoms with Gasteiger partial charge in [0.25, 0.3) is 0 Å². The van der Waals surface area contributed by atoms with Crippen LogP contribution >= 0.6 is 23.2 Å². The Balaban J connectivity index is 2.05. The Morgan fingerprint density at radius 2 is 1.38 bits per heavy atom. The summed E-state index contributed by atoms with van der Waals surface area (Å²) in [5, 5.41) is 22.0. The third-order valence-corrected chi connectivity index (χ3v) is 7.92. The molecule has 1 aliphatic carbocycles. The monoisotopic (exact) mass is 570 g/mol. The van der Waals surface area contributed by atoms with Gasteiger partial charge in [0, 0.05) is 71.8 Å². The molecule has 4 rings (SSSR count). The molecular weight excluding hydrogens is 533 g/mol. The van der Waals surface area contributed by atoms with Crippen LogP contribution in [0.3, 0.4) is 0 Å². The van der Waals surface area contributed by atoms with Crippen molar-refractivity contribution in [1.82, 2.24) is 4.58 Å². The fraction of sp³-hybridized carbons (Fsp3) is 0.387. The number of anilines is 2. The second kappa shape index (κ2) is 13.1. The molecule has 208 valence electrons. The van der Waals surface area contributed by atoms with Gasteiger partial charge in [0.2, 0.25) is 5.36 Å². The average molecular weight is 572 g/mol. The zero-order valence-electron chi connectivity index (χ0n) is 23.2. The standard InChI is InChI=1S/C31H38Cl2N3O3/c1-5-34(6-2)21-9-11-24-28(19-21)39-29-20-22(35(7-3)8-4)10-12-25(29)30(24)31-26(32)17-23(18-27(31)33)36(13-15-37)14-16-38/h9-12,17-20,37-38H,5-8,13-16H2,1-4H3/q+1. The first-order valence-electron chi connectivity index (χ1n) is 13.7. The molecule has 0 amide bonds. The maximum Gasteiger partial charge on any atom is 0.203 e. The molecule has 1 heterocycles. The Hall–Kier alpha value is -2.77. The molecule has 0 fully saturated rings. The largest absolute Gasteiger partial charge is 0.456 e. The Kier molecular flexibility index (Phi) is 9.78. The summed E-state index contributed by atoms with van der Waals surface area (Å²) in [5.41, 5.74) is 5.18. The van der Waals surface area contributed by atoms with Gasteiger partial charge >= 0.3 is 0 Å². The van der Waals surface area contributed by atoms with Crippen LogP contribution in [0.5, 0.6) is 0 Å². The summed E-state index contributed by atoms with van der Waals surface area (Å²) in [5.74, 6) is 0.761. The van der Waals surface area contributed by atoms with Crippen molar-refractivity contribution in [2.45, 2.75) is 27.7 Å². The van der Waals surface area contributed by atoms with Gasteiger partial charge in [-0.2, -0.15) is 0 Å². The van der Waals surface area contributed by atoms with Gasteiger partial charge in [-0.25, -0.2) is 4.58 Å². The molecule has 2 N–H and O–H groups in total. The average Bonchev–Trinajstić information content (AvgIpc) is 2.93. The van der Waals surface area contributed by atoms with Crippen molar-refractivity contribution in [3.8, 4) is 22.5 Å². The Bertz CT molecular complexity index is 1440. The summed E-state index contributed by atoms with van der Waals surface area (Å²) >= 11 is 14.0. The van der Waals surface area contributed by atoms with Crippen LogP contribution in [0.15, 0.2) is 52.9 Å². The van der Waals surface area contributed by atoms with E-state index in [9.17, 15) is 10.2 Å². The number of benzene rings is 3. The third kappa shape index (κ3) is 5.90. The van der Waals surface area contributed by atoms with E-state index in [0.29, 0.717) is 23.1 Å². The summed E-state index contributed by atoms with van der Waals surface area (Å²) in [6.07, 6.45) is 0. The molecule has 0 saturated carbocycles. The SMILES string of the molecule is CCN(CC)c1ccc2c(-c3c(Cl)cc(N(CCO)CCO)cc3Cl)c3ccc(=[N+](CC)CC)cc-3oc2c1. The molecule has 0 bridgehead atoms. The van der Waals surface area contributed by atoms with Crippen molar-refractivity contribution in [1.29, 1.82) is 0 Å². The first-order chi connectivity index (χ1) is 18.9. The van der Waals surface area contributed by atoms with E-state index in [-0.39, 0.29) is 13.2 Å². The molecule has 0 unspecified atom stereocenters. The normalized spacial score (nSPS) is 11.4. The number of nitrogens with zero attached hydrogens (tertiary/aromatic N) is 3. The molecule has 0 saturated heterocycles. The number of fused-ring (bicyclic) bond motifs is 2. The molecule has 0 radical (unpaired) electrons. The van der Waals surface area contributed by atoms with E-state index >= 15 is 0 Å². The van der Waals surface area contributed by atoms with Gasteiger partial charge in [0.1, 0.15) is 24.4 Å². The predicted molar refractivity (Wildman–Crippen MR) is 165 cm³/mol. The van der Waals surface area contributed by atoms with Gasteiger partial charge in [-0.3, -0.25) is 0 Å². The van der Waals surface area contributed by atoms with Crippen LogP contribution in [0.4, 0.5) is 11.4 Å². The van der Waals surface area contributed by atoms with E-state index in [2.05, 4.69) is 73.6 Å². The van der Waals surface area contributed by atoms with E-state index < -0.39 is 0 Å². The van der Waals surface area contributed by atoms with E-state index in [0.717, 1.165) is 76.3 Å². The Morgan fingerprint density at radius 3 is 1.95 bits per heavy atom. The number of aliphatic hydroxyl groups is 2. The Labute approximate surface area is 240 Å². The molecular formula is C31H38Cl2N3O3+. The maximum atomic E-state index is 9.52. The molecule has 6 nitrogen and oxygen atoms in total. The highest BCUT2D eigenvalue weighted by atomic mass is 35.5. The van der Waals surface area contributed by atoms with Gasteiger partial charge < -0.3 is 24.4 Å². The fourth-order valence-corrected chi connectivity index (χ4v) is 5.96. The molecule has 2 aliphatic rings. The minimum Gasteiger partial charge on any atom is -0.456 e. The highest BCUT2D eigenvalue weighted by Gasteiger charge is 2.24. The maximum absolute atomic E-state index is 9.52. The van der Waals surface area contributed by atoms with Crippen LogP contribution < -0.4 is 19.7 Å². The van der Waals surface area contributed by atoms with Gasteiger partial charge in [-0.15, -0.1) is 0 Å². The second-order valence-corrected chi connectivity index (χ2v) is 10.2. The number of rotatable bonds is 11. The smallest absolute Gasteiger partial charge is 0.203 e. The summed E-state index contributed by atoms with van der Waals surface area (Å²) in [4.78, 5) is 4.15. The van der Waals surface area contributed by atoms with Gasteiger partial charge in [0.15, 0.2) is 0 Å². The zero-order valence-corrected chi connectivity index (χ0v) is 24.7. The van der Waals surface area contributed by atoms with Crippen LogP contribution in [0.1, 0.15) is 27.7 Å². The second-order valence-electron chi connectivity index (χ2n) is 9.40. The Morgan fingerprint density at radius 1 is 0.744 bits per heavy atom. The lowest BCUT2D eigenvalue weighted by Crippen LogP contribution is -2.29. The topological polar surface area (TPSA) is 63.1 Å². The van der Waals surface area contributed by atoms with Crippen molar-refractivity contribution in [2.75, 3.05) is 62.3 Å². The van der Waals surface area contributed by atoms with Crippen molar-refractivity contribution in [3.63, 3.8) is 0 Å². The van der Waals surface area contributed by atoms with Gasteiger partial charge in [0.05, 0.1) is 29.3 Å². The van der Waals surface area contributed by atoms with Gasteiger partial charge in [-0.1, -0.05) is 23.2 Å². The predicted octanol–water partition coefficient (Wildman–Crippen LogP) is 5.96. The van der Waals surface area contributed by atoms with E-state index in [1.807, 2.05) is 17.0 Å². The molecule has 0 spiro atoms. The number of hydrogen-bond acceptors (Lipinski definition) is 5. The van der Waals surface area contributed by atoms with Crippen LogP contribution in [0.2, 0.25) is 10.0 Å². The summed E-state index contributed by atoms with van der Waals surface area (Å²) < 4.78 is 8.86. The molecule has 1 aliphatic heterocycles. The zero-order chi connectivity index (χ0) is 28.1. The highest BCUT2D eigenvalue weighted by Crippen LogP contribution is 2.47. The lowest BCUT2D eigenvalue weighted by molar-refractivity contribution is 0.281. The lowest BCUT2D eigenvalue weighted by atomic mass is 9.93. The van der Waals surface area contributed by atoms with Crippen LogP contribution in [0.25, 0.3) is 33.4 Å². The van der Waals surface area contributed by atoms with Crippen LogP contribution in [-0.4, -0.2) is 62.7 Å². The van der Waals surface area contributed by atoms with E-state index in [1.165, 1.54) is 0 Å². The van der Waals surface area contributed by atoms with Crippen LogP contribution in [-0.2, 0) is 0 Å². The van der Waals surface area contributed by atoms with Gasteiger partial charge in [-0.05, 0) is 58.0 Å². The molecule has 0 aromatic heterocycles. The summed E-state index contributed by atoms with van der Waals surface area (Å²) in [6.45, 7) is 12.8. The summed E-state index contributed by atoms with van der Waals surface area (Å²) in [7, 11) is 0. The number of aliphatic hydroxyl groups excluding tert-OH is 2. The molecule has 2 aromatic rings. The molecule has 8 heteroatoms. The fourth-order valence-electron chi connectivity index (χ4n) is 5.30. The summed E-state index contributed by atoms with van der Waals surface area (Å²) in [6, 6.07) is 16.3. The minimum atomic E-state index is -0.0454. The van der Waals surface area contributed by atoms with Crippen molar-refractivity contribution in [2.24, 2.45) is 0 Å². The van der Waals surface area contributed by atoms with Crippen molar-refractivity contribution >= 4 is 45.5 Å². The van der Waals surface area contributed by atoms with E-state index in [1.54, 1.807) is 0 Å². The van der Waals surface area contributed by atoms with E-state index in [4.69, 9.17) is 27.6 Å². The quantitative estimate of drug-likeness (QED) is 0.172. The molecule has 2 aromatic carbocycles. The first kappa shape index (κ1) is 29.2. The van der Waals surface area contributed by atoms with Crippen LogP contribution in [0, 0.1) is 0 Å². The first-order valence-corrected chi connectivity index (χ1v) is 14.5. The number of hydrogen-bond donors (Lipinski definition) is 2. The van der Waals surface area contributed by atoms with Crippen molar-refractivity contribution in [3.05, 3.63) is 63.9 Å².